The number of benzene rings is 1. The Morgan fingerprint density at radius 1 is 0.848 bits per heavy atom. The molecule has 1 aliphatic heterocycles. The van der Waals surface area contributed by atoms with E-state index in [1.165, 1.54) is 12.8 Å². The van der Waals surface area contributed by atoms with Crippen LogP contribution in [0.15, 0.2) is 12.1 Å². The Morgan fingerprint density at radius 2 is 1.33 bits per heavy atom. The molecular formula is C26H35BrF4O2. The Bertz CT molecular complexity index is 752. The van der Waals surface area contributed by atoms with Gasteiger partial charge >= 0.3 is 4.83 Å². The molecular weight excluding hydrogens is 500 g/mol. The molecule has 3 aliphatic rings. The van der Waals surface area contributed by atoms with Crippen LogP contribution in [0.2, 0.25) is 0 Å². The zero-order valence-corrected chi connectivity index (χ0v) is 20.9. The third kappa shape index (κ3) is 6.13. The fraction of sp³-hybridized carbons (Fsp3) is 0.769. The van der Waals surface area contributed by atoms with Gasteiger partial charge in [0, 0.05) is 11.8 Å². The second-order valence-corrected chi connectivity index (χ2v) is 11.3. The van der Waals surface area contributed by atoms with Crippen LogP contribution in [0.25, 0.3) is 0 Å². The maximum Gasteiger partial charge on any atom is 0.332 e. The average molecular weight is 535 g/mol. The van der Waals surface area contributed by atoms with Crippen LogP contribution < -0.4 is 0 Å². The van der Waals surface area contributed by atoms with Crippen molar-refractivity contribution in [3.05, 3.63) is 34.9 Å². The van der Waals surface area contributed by atoms with E-state index in [9.17, 15) is 17.6 Å². The summed E-state index contributed by atoms with van der Waals surface area (Å²) in [7, 11) is 0. The van der Waals surface area contributed by atoms with Gasteiger partial charge in [-0.3, -0.25) is 0 Å². The summed E-state index contributed by atoms with van der Waals surface area (Å²) in [5, 5.41) is 0. The van der Waals surface area contributed by atoms with E-state index in [4.69, 9.17) is 9.47 Å². The van der Waals surface area contributed by atoms with Crippen molar-refractivity contribution >= 4 is 15.9 Å². The highest BCUT2D eigenvalue weighted by molar-refractivity contribution is 9.09. The summed E-state index contributed by atoms with van der Waals surface area (Å²) in [4.78, 5) is -3.71. The predicted molar refractivity (Wildman–Crippen MR) is 123 cm³/mol. The molecule has 0 unspecified atom stereocenters. The number of rotatable bonds is 6. The zero-order valence-electron chi connectivity index (χ0n) is 19.3. The summed E-state index contributed by atoms with van der Waals surface area (Å²) in [5.41, 5.74) is -0.705. The highest BCUT2D eigenvalue weighted by Gasteiger charge is 2.38. The molecule has 0 N–H and O–H groups in total. The third-order valence-corrected chi connectivity index (χ3v) is 8.55. The second-order valence-electron chi connectivity index (χ2n) is 10.3. The Morgan fingerprint density at radius 3 is 1.82 bits per heavy atom. The molecule has 7 heteroatoms. The summed E-state index contributed by atoms with van der Waals surface area (Å²) in [6, 6.07) is 2.19. The van der Waals surface area contributed by atoms with E-state index in [0.717, 1.165) is 76.7 Å². The molecule has 186 valence electrons. The van der Waals surface area contributed by atoms with Gasteiger partial charge in [-0.25, -0.2) is 8.78 Å². The van der Waals surface area contributed by atoms with Crippen molar-refractivity contribution in [2.45, 2.75) is 88.2 Å². The van der Waals surface area contributed by atoms with E-state index in [0.29, 0.717) is 29.2 Å². The zero-order chi connectivity index (χ0) is 23.6. The maximum absolute atomic E-state index is 14.2. The third-order valence-electron chi connectivity index (χ3n) is 8.15. The van der Waals surface area contributed by atoms with E-state index < -0.39 is 22.0 Å². The molecule has 0 spiro atoms. The van der Waals surface area contributed by atoms with Crippen molar-refractivity contribution in [1.29, 1.82) is 0 Å². The quantitative estimate of drug-likeness (QED) is 0.270. The van der Waals surface area contributed by atoms with Gasteiger partial charge < -0.3 is 9.47 Å². The van der Waals surface area contributed by atoms with E-state index in [-0.39, 0.29) is 12.2 Å². The van der Waals surface area contributed by atoms with Gasteiger partial charge in [0.1, 0.15) is 17.2 Å². The summed E-state index contributed by atoms with van der Waals surface area (Å²) in [5.74, 6) is -0.00326. The molecule has 0 radical (unpaired) electrons. The normalized spacial score (nSPS) is 33.8. The van der Waals surface area contributed by atoms with Crippen molar-refractivity contribution in [2.24, 2.45) is 23.7 Å². The van der Waals surface area contributed by atoms with Gasteiger partial charge in [0.15, 0.2) is 6.29 Å². The minimum absolute atomic E-state index is 0.0275. The van der Waals surface area contributed by atoms with Crippen LogP contribution in [-0.2, 0) is 14.3 Å². The number of alkyl halides is 3. The molecule has 0 amide bonds. The smallest absolute Gasteiger partial charge is 0.332 e. The van der Waals surface area contributed by atoms with Gasteiger partial charge in [0.2, 0.25) is 0 Å². The van der Waals surface area contributed by atoms with Crippen LogP contribution in [0.1, 0.15) is 88.2 Å². The standard InChI is InChI=1S/C26H35BrF4O2/c1-2-3-16-14-32-25(33-15-16)20-10-8-18(9-11-20)17-4-6-19(7-5-17)21-12-22(28)24(23(29)13-21)26(27,30)31/h12-13,16-20,25H,2-11,14-15H2,1H3. The van der Waals surface area contributed by atoms with Crippen LogP contribution >= 0.6 is 15.9 Å². The molecule has 0 aromatic heterocycles. The maximum atomic E-state index is 14.2. The molecule has 0 bridgehead atoms. The highest BCUT2D eigenvalue weighted by Crippen LogP contribution is 2.46. The molecule has 33 heavy (non-hydrogen) atoms. The first-order valence-corrected chi connectivity index (χ1v) is 13.3. The van der Waals surface area contributed by atoms with Gasteiger partial charge in [0.05, 0.1) is 13.2 Å². The number of hydrogen-bond donors (Lipinski definition) is 0. The lowest BCUT2D eigenvalue weighted by molar-refractivity contribution is -0.230. The van der Waals surface area contributed by atoms with Crippen LogP contribution in [0, 0.1) is 35.3 Å². The molecule has 2 aliphatic carbocycles. The molecule has 2 saturated carbocycles. The lowest BCUT2D eigenvalue weighted by atomic mass is 9.68. The summed E-state index contributed by atoms with van der Waals surface area (Å²) < 4.78 is 67.3. The van der Waals surface area contributed by atoms with Crippen molar-refractivity contribution in [3.8, 4) is 0 Å². The van der Waals surface area contributed by atoms with Gasteiger partial charge in [-0.05, 0) is 109 Å². The summed E-state index contributed by atoms with van der Waals surface area (Å²) in [6.07, 6.45) is 10.6. The molecule has 0 atom stereocenters. The SMILES string of the molecule is CCCC1COC(C2CCC(C3CCC(c4cc(F)c(C(F)(F)Br)c(F)c4)CC3)CC2)OC1. The number of ether oxygens (including phenoxy) is 2. The predicted octanol–water partition coefficient (Wildman–Crippen LogP) is 8.28. The van der Waals surface area contributed by atoms with Crippen molar-refractivity contribution < 1.29 is 27.0 Å². The first-order chi connectivity index (χ1) is 15.8. The van der Waals surface area contributed by atoms with E-state index >= 15 is 0 Å². The van der Waals surface area contributed by atoms with Gasteiger partial charge in [-0.15, -0.1) is 0 Å². The van der Waals surface area contributed by atoms with E-state index in [2.05, 4.69) is 22.9 Å². The van der Waals surface area contributed by atoms with Gasteiger partial charge in [-0.1, -0.05) is 13.3 Å². The Hall–Kier alpha value is -0.660. The average Bonchev–Trinajstić information content (AvgIpc) is 2.79. The molecule has 4 rings (SSSR count). The minimum atomic E-state index is -3.71. The fourth-order valence-corrected chi connectivity index (χ4v) is 6.70. The molecule has 1 heterocycles. The summed E-state index contributed by atoms with van der Waals surface area (Å²) in [6.45, 7) is 3.83. The van der Waals surface area contributed by atoms with Crippen LogP contribution in [0.3, 0.4) is 0 Å². The van der Waals surface area contributed by atoms with Crippen molar-refractivity contribution in [1.82, 2.24) is 0 Å². The van der Waals surface area contributed by atoms with E-state index in [1.807, 2.05) is 0 Å². The molecule has 3 fully saturated rings. The van der Waals surface area contributed by atoms with Crippen molar-refractivity contribution in [2.75, 3.05) is 13.2 Å². The first-order valence-electron chi connectivity index (χ1n) is 12.6. The van der Waals surface area contributed by atoms with Crippen LogP contribution in [0.5, 0.6) is 0 Å². The number of hydrogen-bond acceptors (Lipinski definition) is 2. The van der Waals surface area contributed by atoms with Gasteiger partial charge in [0.25, 0.3) is 0 Å². The highest BCUT2D eigenvalue weighted by atomic mass is 79.9. The van der Waals surface area contributed by atoms with E-state index in [1.54, 1.807) is 0 Å². The Balaban J connectivity index is 1.25. The lowest BCUT2D eigenvalue weighted by Crippen LogP contribution is -2.39. The topological polar surface area (TPSA) is 18.5 Å². The molecule has 2 nitrogen and oxygen atoms in total. The largest absolute Gasteiger partial charge is 0.352 e. The molecule has 1 aromatic rings. The molecule has 1 saturated heterocycles. The van der Waals surface area contributed by atoms with Crippen LogP contribution in [-0.4, -0.2) is 19.5 Å². The second kappa shape index (κ2) is 10.9. The Kier molecular flexibility index (Phi) is 8.44. The number of halogens is 5. The minimum Gasteiger partial charge on any atom is -0.352 e. The first kappa shape index (κ1) is 25.4. The van der Waals surface area contributed by atoms with Gasteiger partial charge in [-0.2, -0.15) is 8.78 Å². The summed E-state index contributed by atoms with van der Waals surface area (Å²) >= 11 is 2.07. The molecule has 1 aromatic carbocycles. The Labute approximate surface area is 202 Å². The van der Waals surface area contributed by atoms with Crippen LogP contribution in [0.4, 0.5) is 17.6 Å². The fourth-order valence-electron chi connectivity index (χ4n) is 6.32. The lowest BCUT2D eigenvalue weighted by Gasteiger charge is -2.41. The monoisotopic (exact) mass is 534 g/mol. The van der Waals surface area contributed by atoms with Crippen molar-refractivity contribution in [3.63, 3.8) is 0 Å².